The number of imide groups is 1. The summed E-state index contributed by atoms with van der Waals surface area (Å²) in [5, 5.41) is 24.7. The second-order valence-electron chi connectivity index (χ2n) is 5.77. The molecule has 1 radical (unpaired) electrons. The lowest BCUT2D eigenvalue weighted by Gasteiger charge is -2.40. The number of hydrogen-bond donors (Lipinski definition) is 5. The van der Waals surface area contributed by atoms with Crippen LogP contribution in [0, 0.1) is 6.10 Å². The summed E-state index contributed by atoms with van der Waals surface area (Å²) in [5.74, 6) is -0.866. The molecule has 1 aliphatic rings. The molecule has 0 unspecified atom stereocenters. The minimum Gasteiger partial charge on any atom is -0.388 e. The third-order valence-electron chi connectivity index (χ3n) is 3.92. The van der Waals surface area contributed by atoms with Crippen molar-refractivity contribution in [2.75, 3.05) is 6.54 Å². The zero-order valence-corrected chi connectivity index (χ0v) is 13.7. The number of ether oxygens (including phenoxy) is 1. The fourth-order valence-electron chi connectivity index (χ4n) is 2.60. The van der Waals surface area contributed by atoms with E-state index in [9.17, 15) is 24.6 Å². The summed E-state index contributed by atoms with van der Waals surface area (Å²) in [6.45, 7) is 1.48. The molecule has 24 heavy (non-hydrogen) atoms. The number of unbranched alkanes of at least 4 members (excludes halogenated alkanes) is 2. The van der Waals surface area contributed by atoms with E-state index in [0.717, 1.165) is 0 Å². The van der Waals surface area contributed by atoms with Crippen LogP contribution in [0.4, 0.5) is 0 Å². The molecule has 1 heterocycles. The van der Waals surface area contributed by atoms with Gasteiger partial charge >= 0.3 is 0 Å². The zero-order valence-electron chi connectivity index (χ0n) is 13.7. The molecule has 1 fully saturated rings. The van der Waals surface area contributed by atoms with Crippen molar-refractivity contribution in [1.82, 2.24) is 10.6 Å². The van der Waals surface area contributed by atoms with E-state index in [1.165, 1.54) is 0 Å². The summed E-state index contributed by atoms with van der Waals surface area (Å²) in [6.07, 6.45) is 0.713. The highest BCUT2D eigenvalue weighted by atomic mass is 16.5. The maximum absolute atomic E-state index is 11.4. The van der Waals surface area contributed by atoms with Crippen molar-refractivity contribution >= 4 is 18.2 Å². The quantitative estimate of drug-likeness (QED) is 0.248. The van der Waals surface area contributed by atoms with E-state index in [1.54, 1.807) is 6.92 Å². The van der Waals surface area contributed by atoms with Crippen LogP contribution in [-0.2, 0) is 19.1 Å². The van der Waals surface area contributed by atoms with E-state index in [1.807, 2.05) is 0 Å². The second kappa shape index (κ2) is 10.3. The fourth-order valence-corrected chi connectivity index (χ4v) is 2.60. The van der Waals surface area contributed by atoms with Gasteiger partial charge in [0.2, 0.25) is 18.2 Å². The molecule has 6 N–H and O–H groups in total. The standard InChI is InChI=1S/C15H26N3O6/c1-9-13(17-8-19)15(23)14(22)10(24-9)5-3-2-4-6-11(20)18-12(21)7-16/h8-9,13-15,22-23H,2-7,16H2,1H3,(H,17,19)(H,18,20,21)/t9-,13-,14-,15+/m1/s1. The van der Waals surface area contributed by atoms with Gasteiger partial charge in [-0.15, -0.1) is 0 Å². The van der Waals surface area contributed by atoms with Crippen molar-refractivity contribution in [3.63, 3.8) is 0 Å². The maximum Gasteiger partial charge on any atom is 0.240 e. The van der Waals surface area contributed by atoms with E-state index in [-0.39, 0.29) is 18.9 Å². The average molecular weight is 344 g/mol. The lowest BCUT2D eigenvalue weighted by Crippen LogP contribution is -2.59. The molecule has 4 atom stereocenters. The van der Waals surface area contributed by atoms with Gasteiger partial charge in [0.15, 0.2) is 0 Å². The smallest absolute Gasteiger partial charge is 0.240 e. The topological polar surface area (TPSA) is 151 Å². The summed E-state index contributed by atoms with van der Waals surface area (Å²) in [6, 6.07) is -0.662. The van der Waals surface area contributed by atoms with Crippen LogP contribution in [0.1, 0.15) is 39.0 Å². The molecule has 0 saturated carbocycles. The third kappa shape index (κ3) is 6.16. The Kier molecular flexibility index (Phi) is 8.83. The first-order valence-corrected chi connectivity index (χ1v) is 8.01. The lowest BCUT2D eigenvalue weighted by atomic mass is 9.91. The molecule has 0 bridgehead atoms. The highest BCUT2D eigenvalue weighted by Gasteiger charge is 2.42. The number of carbonyl (C=O) groups excluding carboxylic acids is 3. The van der Waals surface area contributed by atoms with Gasteiger partial charge in [-0.25, -0.2) is 0 Å². The van der Waals surface area contributed by atoms with Crippen molar-refractivity contribution in [1.29, 1.82) is 0 Å². The molecular weight excluding hydrogens is 318 g/mol. The monoisotopic (exact) mass is 344 g/mol. The molecule has 0 spiro atoms. The van der Waals surface area contributed by atoms with Gasteiger partial charge in [0, 0.05) is 6.42 Å². The predicted octanol–water partition coefficient (Wildman–Crippen LogP) is -1.67. The van der Waals surface area contributed by atoms with Gasteiger partial charge in [0.05, 0.1) is 18.7 Å². The number of aliphatic hydroxyl groups is 2. The summed E-state index contributed by atoms with van der Waals surface area (Å²) >= 11 is 0. The summed E-state index contributed by atoms with van der Waals surface area (Å²) in [5.41, 5.74) is 5.09. The van der Waals surface area contributed by atoms with Gasteiger partial charge in [-0.2, -0.15) is 0 Å². The van der Waals surface area contributed by atoms with Crippen LogP contribution in [0.15, 0.2) is 0 Å². The van der Waals surface area contributed by atoms with Crippen LogP contribution in [0.25, 0.3) is 0 Å². The van der Waals surface area contributed by atoms with Crippen molar-refractivity contribution in [3.8, 4) is 0 Å². The molecule has 9 heteroatoms. The first-order valence-electron chi connectivity index (χ1n) is 8.01. The van der Waals surface area contributed by atoms with Crippen LogP contribution in [0.2, 0.25) is 0 Å². The number of amides is 3. The van der Waals surface area contributed by atoms with Crippen LogP contribution >= 0.6 is 0 Å². The molecule has 0 aromatic heterocycles. The Morgan fingerprint density at radius 1 is 1.25 bits per heavy atom. The Balaban J connectivity index is 2.27. The SMILES string of the molecule is C[C@H]1O[C](CCCCCC(=O)NC(=O)CN)[C@@H](O)[C@@H](O)[C@@H]1NC=O. The molecule has 1 aliphatic heterocycles. The van der Waals surface area contributed by atoms with Gasteiger partial charge in [-0.1, -0.05) is 12.8 Å². The minimum absolute atomic E-state index is 0.217. The van der Waals surface area contributed by atoms with E-state index in [0.29, 0.717) is 38.2 Å². The average Bonchev–Trinajstić information content (AvgIpc) is 2.55. The molecular formula is C15H26N3O6. The van der Waals surface area contributed by atoms with Gasteiger partial charge in [-0.05, 0) is 19.8 Å². The molecule has 9 nitrogen and oxygen atoms in total. The number of hydrogen-bond acceptors (Lipinski definition) is 7. The first kappa shape index (κ1) is 20.5. The Bertz CT molecular complexity index is 433. The van der Waals surface area contributed by atoms with Crippen LogP contribution in [0.5, 0.6) is 0 Å². The zero-order chi connectivity index (χ0) is 18.1. The number of aliphatic hydroxyl groups excluding tert-OH is 2. The van der Waals surface area contributed by atoms with Gasteiger partial charge in [0.1, 0.15) is 18.3 Å². The largest absolute Gasteiger partial charge is 0.388 e. The van der Waals surface area contributed by atoms with E-state index in [2.05, 4.69) is 10.6 Å². The lowest BCUT2D eigenvalue weighted by molar-refractivity contribution is -0.138. The molecule has 1 saturated heterocycles. The fraction of sp³-hybridized carbons (Fsp3) is 0.733. The normalized spacial score (nSPS) is 27.5. The maximum atomic E-state index is 11.4. The molecule has 0 aromatic rings. The highest BCUT2D eigenvalue weighted by Crippen LogP contribution is 2.29. The van der Waals surface area contributed by atoms with Crippen molar-refractivity contribution in [3.05, 3.63) is 6.10 Å². The van der Waals surface area contributed by atoms with Gasteiger partial charge in [-0.3, -0.25) is 19.7 Å². The Morgan fingerprint density at radius 3 is 2.58 bits per heavy atom. The van der Waals surface area contributed by atoms with E-state index < -0.39 is 30.3 Å². The molecule has 0 aliphatic carbocycles. The number of rotatable bonds is 9. The molecule has 0 aromatic carbocycles. The predicted molar refractivity (Wildman–Crippen MR) is 84.1 cm³/mol. The third-order valence-corrected chi connectivity index (χ3v) is 3.92. The minimum atomic E-state index is -1.16. The van der Waals surface area contributed by atoms with Crippen molar-refractivity contribution in [2.45, 2.75) is 63.4 Å². The van der Waals surface area contributed by atoms with Gasteiger partial charge in [0.25, 0.3) is 0 Å². The summed E-state index contributed by atoms with van der Waals surface area (Å²) in [7, 11) is 0. The second-order valence-corrected chi connectivity index (χ2v) is 5.77. The van der Waals surface area contributed by atoms with Crippen LogP contribution < -0.4 is 16.4 Å². The Morgan fingerprint density at radius 2 is 1.96 bits per heavy atom. The number of nitrogens with one attached hydrogen (secondary N) is 2. The van der Waals surface area contributed by atoms with Crippen molar-refractivity contribution < 1.29 is 29.3 Å². The van der Waals surface area contributed by atoms with Gasteiger partial charge < -0.3 is 26.0 Å². The summed E-state index contributed by atoms with van der Waals surface area (Å²) in [4.78, 5) is 32.8. The molecule has 3 amide bonds. The Hall–Kier alpha value is -1.55. The van der Waals surface area contributed by atoms with Crippen LogP contribution in [0.3, 0.4) is 0 Å². The van der Waals surface area contributed by atoms with E-state index >= 15 is 0 Å². The number of nitrogens with two attached hydrogens (primary N) is 1. The molecule has 137 valence electrons. The molecule has 1 rings (SSSR count). The summed E-state index contributed by atoms with van der Waals surface area (Å²) < 4.78 is 5.58. The first-order chi connectivity index (χ1) is 11.4. The van der Waals surface area contributed by atoms with Crippen molar-refractivity contribution in [2.24, 2.45) is 5.73 Å². The van der Waals surface area contributed by atoms with Crippen LogP contribution in [-0.4, -0.2) is 59.3 Å². The Labute approximate surface area is 140 Å². The highest BCUT2D eigenvalue weighted by molar-refractivity contribution is 5.95. The number of carbonyl (C=O) groups is 3. The van der Waals surface area contributed by atoms with E-state index in [4.69, 9.17) is 10.5 Å².